The first kappa shape index (κ1) is 11.7. The van der Waals surface area contributed by atoms with E-state index in [1.807, 2.05) is 30.3 Å². The molecular formula is C14H10Cl2O2. The third kappa shape index (κ3) is 2.02. The Balaban J connectivity index is 2.23. The smallest absolute Gasteiger partial charge is 0.169 e. The van der Waals surface area contributed by atoms with Crippen LogP contribution in [0.25, 0.3) is 11.1 Å². The van der Waals surface area contributed by atoms with E-state index in [2.05, 4.69) is 0 Å². The van der Waals surface area contributed by atoms with Gasteiger partial charge < -0.3 is 9.47 Å². The summed E-state index contributed by atoms with van der Waals surface area (Å²) in [5, 5.41) is 1.27. The van der Waals surface area contributed by atoms with Crippen molar-refractivity contribution in [2.75, 3.05) is 13.2 Å². The van der Waals surface area contributed by atoms with Crippen LogP contribution in [0.5, 0.6) is 11.5 Å². The highest BCUT2D eigenvalue weighted by molar-refractivity contribution is 6.34. The van der Waals surface area contributed by atoms with E-state index in [0.29, 0.717) is 34.8 Å². The molecule has 92 valence electrons. The second-order valence-corrected chi connectivity index (χ2v) is 4.80. The van der Waals surface area contributed by atoms with E-state index in [1.54, 1.807) is 6.07 Å². The number of rotatable bonds is 1. The van der Waals surface area contributed by atoms with Crippen molar-refractivity contribution in [1.82, 2.24) is 0 Å². The van der Waals surface area contributed by atoms with E-state index in [0.717, 1.165) is 11.1 Å². The van der Waals surface area contributed by atoms with Gasteiger partial charge in [0, 0.05) is 27.2 Å². The summed E-state index contributed by atoms with van der Waals surface area (Å²) in [6.07, 6.45) is 0. The Morgan fingerprint density at radius 3 is 2.50 bits per heavy atom. The number of benzene rings is 2. The molecule has 3 rings (SSSR count). The van der Waals surface area contributed by atoms with E-state index >= 15 is 0 Å². The number of ether oxygens (including phenoxy) is 2. The Bertz CT molecular complexity index is 596. The highest BCUT2D eigenvalue weighted by Crippen LogP contribution is 2.44. The third-order valence-corrected chi connectivity index (χ3v) is 3.32. The Labute approximate surface area is 115 Å². The Kier molecular flexibility index (Phi) is 3.06. The quantitative estimate of drug-likeness (QED) is 0.769. The molecule has 0 radical (unpaired) electrons. The van der Waals surface area contributed by atoms with Crippen molar-refractivity contribution >= 4 is 23.2 Å². The average molecular weight is 281 g/mol. The molecule has 0 aliphatic carbocycles. The molecule has 18 heavy (non-hydrogen) atoms. The number of halogens is 2. The average Bonchev–Trinajstić information content (AvgIpc) is 2.38. The Morgan fingerprint density at radius 1 is 0.889 bits per heavy atom. The van der Waals surface area contributed by atoms with Crippen molar-refractivity contribution in [1.29, 1.82) is 0 Å². The van der Waals surface area contributed by atoms with Crippen molar-refractivity contribution < 1.29 is 9.47 Å². The summed E-state index contributed by atoms with van der Waals surface area (Å²) < 4.78 is 11.2. The number of hydrogen-bond donors (Lipinski definition) is 0. The third-order valence-electron chi connectivity index (χ3n) is 2.77. The van der Waals surface area contributed by atoms with Gasteiger partial charge in [0.1, 0.15) is 13.2 Å². The molecule has 0 N–H and O–H groups in total. The molecule has 0 unspecified atom stereocenters. The van der Waals surface area contributed by atoms with Crippen molar-refractivity contribution in [3.8, 4) is 22.6 Å². The van der Waals surface area contributed by atoms with E-state index in [1.165, 1.54) is 0 Å². The molecule has 2 aromatic carbocycles. The first-order valence-electron chi connectivity index (χ1n) is 5.60. The van der Waals surface area contributed by atoms with Crippen molar-refractivity contribution in [3.05, 3.63) is 46.4 Å². The van der Waals surface area contributed by atoms with Crippen LogP contribution < -0.4 is 9.47 Å². The van der Waals surface area contributed by atoms with Gasteiger partial charge in [0.05, 0.1) is 0 Å². The van der Waals surface area contributed by atoms with E-state index in [9.17, 15) is 0 Å². The number of fused-ring (bicyclic) bond motifs is 1. The van der Waals surface area contributed by atoms with Crippen LogP contribution in [-0.4, -0.2) is 13.2 Å². The minimum absolute atomic E-state index is 0.534. The molecule has 2 nitrogen and oxygen atoms in total. The van der Waals surface area contributed by atoms with Crippen LogP contribution in [0, 0.1) is 0 Å². The Hall–Kier alpha value is -1.38. The molecule has 1 aliphatic rings. The fraction of sp³-hybridized carbons (Fsp3) is 0.143. The predicted molar refractivity (Wildman–Crippen MR) is 72.9 cm³/mol. The lowest BCUT2D eigenvalue weighted by Gasteiger charge is -2.22. The second-order valence-electron chi connectivity index (χ2n) is 3.96. The van der Waals surface area contributed by atoms with E-state index < -0.39 is 0 Å². The zero-order valence-electron chi connectivity index (χ0n) is 9.45. The molecule has 1 heterocycles. The first-order chi connectivity index (χ1) is 8.75. The molecule has 0 spiro atoms. The fourth-order valence-electron chi connectivity index (χ4n) is 2.00. The molecule has 0 fully saturated rings. The van der Waals surface area contributed by atoms with Crippen LogP contribution in [0.2, 0.25) is 10.0 Å². The zero-order chi connectivity index (χ0) is 12.5. The van der Waals surface area contributed by atoms with Gasteiger partial charge in [0.2, 0.25) is 0 Å². The maximum atomic E-state index is 6.21. The topological polar surface area (TPSA) is 18.5 Å². The molecule has 0 bridgehead atoms. The van der Waals surface area contributed by atoms with Gasteiger partial charge in [-0.05, 0) is 12.1 Å². The van der Waals surface area contributed by atoms with Gasteiger partial charge in [-0.1, -0.05) is 41.4 Å². The lowest BCUT2D eigenvalue weighted by molar-refractivity contribution is 0.172. The highest BCUT2D eigenvalue weighted by atomic mass is 35.5. The summed E-state index contributed by atoms with van der Waals surface area (Å²) in [7, 11) is 0. The molecule has 0 saturated heterocycles. The van der Waals surface area contributed by atoms with E-state index in [-0.39, 0.29) is 0 Å². The second kappa shape index (κ2) is 4.71. The number of hydrogen-bond acceptors (Lipinski definition) is 2. The molecule has 0 atom stereocenters. The Morgan fingerprint density at radius 2 is 1.67 bits per heavy atom. The molecule has 2 aromatic rings. The maximum absolute atomic E-state index is 6.21. The van der Waals surface area contributed by atoms with Gasteiger partial charge in [0.25, 0.3) is 0 Å². The van der Waals surface area contributed by atoms with Crippen molar-refractivity contribution in [3.63, 3.8) is 0 Å². The first-order valence-corrected chi connectivity index (χ1v) is 6.35. The molecule has 1 aliphatic heterocycles. The van der Waals surface area contributed by atoms with E-state index in [4.69, 9.17) is 32.7 Å². The van der Waals surface area contributed by atoms with Gasteiger partial charge in [-0.2, -0.15) is 0 Å². The highest BCUT2D eigenvalue weighted by Gasteiger charge is 2.19. The molecule has 4 heteroatoms. The van der Waals surface area contributed by atoms with Gasteiger partial charge in [-0.3, -0.25) is 0 Å². The van der Waals surface area contributed by atoms with Crippen LogP contribution in [0.4, 0.5) is 0 Å². The van der Waals surface area contributed by atoms with Gasteiger partial charge in [0.15, 0.2) is 11.5 Å². The minimum atomic E-state index is 0.534. The zero-order valence-corrected chi connectivity index (χ0v) is 11.0. The summed E-state index contributed by atoms with van der Waals surface area (Å²) in [4.78, 5) is 0. The molecule has 0 saturated carbocycles. The molecule has 0 aromatic heterocycles. The SMILES string of the molecule is Clc1cc2c(c(-c3ccccc3Cl)c1)OCCO2. The summed E-state index contributed by atoms with van der Waals surface area (Å²) in [6.45, 7) is 1.07. The molecular weight excluding hydrogens is 271 g/mol. The van der Waals surface area contributed by atoms with Crippen LogP contribution in [0.3, 0.4) is 0 Å². The lowest BCUT2D eigenvalue weighted by atomic mass is 10.0. The van der Waals surface area contributed by atoms with Gasteiger partial charge in [-0.15, -0.1) is 0 Å². The predicted octanol–water partition coefficient (Wildman–Crippen LogP) is 4.43. The summed E-state index contributed by atoms with van der Waals surface area (Å²) >= 11 is 12.3. The van der Waals surface area contributed by atoms with Crippen LogP contribution in [0.1, 0.15) is 0 Å². The fourth-order valence-corrected chi connectivity index (χ4v) is 2.45. The summed E-state index contributed by atoms with van der Waals surface area (Å²) in [5.74, 6) is 1.38. The minimum Gasteiger partial charge on any atom is -0.486 e. The maximum Gasteiger partial charge on any atom is 0.169 e. The van der Waals surface area contributed by atoms with Crippen LogP contribution in [-0.2, 0) is 0 Å². The standard InChI is InChI=1S/C14H10Cl2O2/c15-9-7-11(10-3-1-2-4-12(10)16)14-13(8-9)17-5-6-18-14/h1-4,7-8H,5-6H2. The van der Waals surface area contributed by atoms with Crippen molar-refractivity contribution in [2.24, 2.45) is 0 Å². The summed E-state index contributed by atoms with van der Waals surface area (Å²) in [5.41, 5.74) is 1.76. The van der Waals surface area contributed by atoms with Gasteiger partial charge in [-0.25, -0.2) is 0 Å². The van der Waals surface area contributed by atoms with Crippen LogP contribution >= 0.6 is 23.2 Å². The largest absolute Gasteiger partial charge is 0.486 e. The normalized spacial score (nSPS) is 13.4. The monoisotopic (exact) mass is 280 g/mol. The summed E-state index contributed by atoms with van der Waals surface area (Å²) in [6, 6.07) is 11.2. The van der Waals surface area contributed by atoms with Crippen LogP contribution in [0.15, 0.2) is 36.4 Å². The van der Waals surface area contributed by atoms with Gasteiger partial charge >= 0.3 is 0 Å². The van der Waals surface area contributed by atoms with Crippen molar-refractivity contribution in [2.45, 2.75) is 0 Å². The molecule has 0 amide bonds. The lowest BCUT2D eigenvalue weighted by Crippen LogP contribution is -2.16.